The van der Waals surface area contributed by atoms with E-state index in [1.807, 2.05) is 17.9 Å². The van der Waals surface area contributed by atoms with Gasteiger partial charge in [-0.3, -0.25) is 10.1 Å². The number of benzene rings is 1. The second kappa shape index (κ2) is 3.81. The third-order valence-electron chi connectivity index (χ3n) is 3.42. The maximum absolute atomic E-state index is 13.2. The van der Waals surface area contributed by atoms with Crippen molar-refractivity contribution in [3.05, 3.63) is 35.6 Å². The Labute approximate surface area is 99.6 Å². The van der Waals surface area contributed by atoms with Gasteiger partial charge in [-0.15, -0.1) is 0 Å². The molecule has 1 aromatic carbocycles. The summed E-state index contributed by atoms with van der Waals surface area (Å²) in [5.41, 5.74) is 0.828. The van der Waals surface area contributed by atoms with Crippen molar-refractivity contribution in [1.29, 1.82) is 0 Å². The van der Waals surface area contributed by atoms with Gasteiger partial charge in [0, 0.05) is 6.04 Å². The van der Waals surface area contributed by atoms with E-state index >= 15 is 0 Å². The number of carbonyl (C=O) groups excluding carboxylic acids is 1. The van der Waals surface area contributed by atoms with Crippen LogP contribution in [-0.4, -0.2) is 22.9 Å². The molecular formula is C13H15FN2O. The molecule has 0 spiro atoms. The summed E-state index contributed by atoms with van der Waals surface area (Å²) in [6, 6.07) is 6.63. The fraction of sp³-hybridized carbons (Fsp3) is 0.462. The van der Waals surface area contributed by atoms with Crippen LogP contribution in [-0.2, 0) is 4.79 Å². The van der Waals surface area contributed by atoms with Gasteiger partial charge in [0.1, 0.15) is 12.0 Å². The first kappa shape index (κ1) is 10.7. The minimum absolute atomic E-state index is 0.127. The first-order valence-electron chi connectivity index (χ1n) is 6.00. The van der Waals surface area contributed by atoms with Crippen LogP contribution >= 0.6 is 0 Å². The molecule has 1 aliphatic carbocycles. The summed E-state index contributed by atoms with van der Waals surface area (Å²) in [5.74, 6) is -0.131. The highest BCUT2D eigenvalue weighted by molar-refractivity contribution is 5.84. The first-order valence-corrected chi connectivity index (χ1v) is 6.00. The molecule has 90 valence electrons. The average molecular weight is 234 g/mol. The molecule has 0 radical (unpaired) electrons. The van der Waals surface area contributed by atoms with Gasteiger partial charge >= 0.3 is 0 Å². The number of amides is 1. The number of hydrogen-bond acceptors (Lipinski definition) is 2. The zero-order valence-electron chi connectivity index (χ0n) is 9.69. The Morgan fingerprint density at radius 2 is 2.18 bits per heavy atom. The molecule has 4 heteroatoms. The summed E-state index contributed by atoms with van der Waals surface area (Å²) in [5, 5.41) is 3.23. The lowest BCUT2D eigenvalue weighted by Crippen LogP contribution is -2.32. The standard InChI is InChI=1S/C13H15FN2O/c1-8-13(17)16(11-5-6-11)12(15-8)9-3-2-4-10(14)7-9/h2-4,7-8,11-12,15H,5-6H2,1H3. The fourth-order valence-electron chi connectivity index (χ4n) is 2.42. The quantitative estimate of drug-likeness (QED) is 0.846. The number of halogens is 1. The minimum Gasteiger partial charge on any atom is -0.319 e. The molecule has 1 heterocycles. The van der Waals surface area contributed by atoms with Gasteiger partial charge in [0.05, 0.1) is 6.04 Å². The predicted octanol–water partition coefficient (Wildman–Crippen LogP) is 1.81. The molecule has 1 saturated heterocycles. The molecule has 1 aromatic rings. The molecule has 1 saturated carbocycles. The topological polar surface area (TPSA) is 32.3 Å². The zero-order chi connectivity index (χ0) is 12.0. The molecule has 3 nitrogen and oxygen atoms in total. The van der Waals surface area contributed by atoms with Gasteiger partial charge in [0.15, 0.2) is 0 Å². The molecular weight excluding hydrogens is 219 g/mol. The molecule has 1 amide bonds. The largest absolute Gasteiger partial charge is 0.319 e. The highest BCUT2D eigenvalue weighted by Gasteiger charge is 2.44. The van der Waals surface area contributed by atoms with E-state index in [9.17, 15) is 9.18 Å². The summed E-state index contributed by atoms with van der Waals surface area (Å²) in [7, 11) is 0. The van der Waals surface area contributed by atoms with Crippen molar-refractivity contribution < 1.29 is 9.18 Å². The van der Waals surface area contributed by atoms with Gasteiger partial charge < -0.3 is 4.90 Å². The fourth-order valence-corrected chi connectivity index (χ4v) is 2.42. The highest BCUT2D eigenvalue weighted by atomic mass is 19.1. The van der Waals surface area contributed by atoms with Gasteiger partial charge in [-0.25, -0.2) is 4.39 Å². The Hall–Kier alpha value is -1.42. The Morgan fingerprint density at radius 3 is 2.82 bits per heavy atom. The molecule has 1 N–H and O–H groups in total. The summed E-state index contributed by atoms with van der Waals surface area (Å²) in [6.45, 7) is 1.86. The van der Waals surface area contributed by atoms with Crippen LogP contribution in [0.25, 0.3) is 0 Å². The average Bonchev–Trinajstić information content (AvgIpc) is 3.08. The van der Waals surface area contributed by atoms with Crippen molar-refractivity contribution in [3.63, 3.8) is 0 Å². The third kappa shape index (κ3) is 1.82. The smallest absolute Gasteiger partial charge is 0.241 e. The molecule has 2 atom stereocenters. The molecule has 2 aliphatic rings. The van der Waals surface area contributed by atoms with Crippen molar-refractivity contribution in [2.24, 2.45) is 0 Å². The Morgan fingerprint density at radius 1 is 1.41 bits per heavy atom. The lowest BCUT2D eigenvalue weighted by atomic mass is 10.1. The van der Waals surface area contributed by atoms with E-state index in [4.69, 9.17) is 0 Å². The van der Waals surface area contributed by atoms with Gasteiger partial charge in [-0.05, 0) is 37.5 Å². The van der Waals surface area contributed by atoms with E-state index in [2.05, 4.69) is 5.32 Å². The number of nitrogens with one attached hydrogen (secondary N) is 1. The lowest BCUT2D eigenvalue weighted by Gasteiger charge is -2.24. The van der Waals surface area contributed by atoms with E-state index < -0.39 is 0 Å². The van der Waals surface area contributed by atoms with E-state index in [0.717, 1.165) is 18.4 Å². The summed E-state index contributed by atoms with van der Waals surface area (Å²) in [6.07, 6.45) is 1.96. The van der Waals surface area contributed by atoms with Crippen molar-refractivity contribution in [3.8, 4) is 0 Å². The van der Waals surface area contributed by atoms with Crippen LogP contribution in [0, 0.1) is 5.82 Å². The first-order chi connectivity index (χ1) is 8.16. The SMILES string of the molecule is CC1NC(c2cccc(F)c2)N(C2CC2)C1=O. The van der Waals surface area contributed by atoms with Gasteiger partial charge in [-0.2, -0.15) is 0 Å². The van der Waals surface area contributed by atoms with Crippen LogP contribution in [0.4, 0.5) is 4.39 Å². The van der Waals surface area contributed by atoms with Crippen molar-refractivity contribution in [2.75, 3.05) is 0 Å². The third-order valence-corrected chi connectivity index (χ3v) is 3.42. The van der Waals surface area contributed by atoms with Crippen molar-refractivity contribution in [2.45, 2.75) is 38.0 Å². The zero-order valence-corrected chi connectivity index (χ0v) is 9.69. The van der Waals surface area contributed by atoms with Gasteiger partial charge in [0.2, 0.25) is 5.91 Å². The van der Waals surface area contributed by atoms with E-state index in [1.165, 1.54) is 12.1 Å². The molecule has 2 unspecified atom stereocenters. The lowest BCUT2D eigenvalue weighted by molar-refractivity contribution is -0.130. The molecule has 1 aliphatic heterocycles. The molecule has 0 bridgehead atoms. The molecule has 3 rings (SSSR count). The van der Waals surface area contributed by atoms with Crippen LogP contribution in [0.2, 0.25) is 0 Å². The summed E-state index contributed by atoms with van der Waals surface area (Å²) >= 11 is 0. The maximum Gasteiger partial charge on any atom is 0.241 e. The van der Waals surface area contributed by atoms with Crippen LogP contribution in [0.1, 0.15) is 31.5 Å². The predicted molar refractivity (Wildman–Crippen MR) is 61.6 cm³/mol. The Balaban J connectivity index is 1.93. The second-order valence-electron chi connectivity index (χ2n) is 4.82. The number of hydrogen-bond donors (Lipinski definition) is 1. The number of nitrogens with zero attached hydrogens (tertiary/aromatic N) is 1. The second-order valence-corrected chi connectivity index (χ2v) is 4.82. The molecule has 0 aromatic heterocycles. The van der Waals surface area contributed by atoms with Crippen LogP contribution in [0.5, 0.6) is 0 Å². The van der Waals surface area contributed by atoms with E-state index in [1.54, 1.807) is 6.07 Å². The normalized spacial score (nSPS) is 28.8. The summed E-state index contributed by atoms with van der Waals surface area (Å²) in [4.78, 5) is 13.9. The van der Waals surface area contributed by atoms with Crippen molar-refractivity contribution in [1.82, 2.24) is 10.2 Å². The number of rotatable bonds is 2. The Kier molecular flexibility index (Phi) is 2.40. The van der Waals surface area contributed by atoms with Gasteiger partial charge in [-0.1, -0.05) is 12.1 Å². The number of carbonyl (C=O) groups is 1. The van der Waals surface area contributed by atoms with Gasteiger partial charge in [0.25, 0.3) is 0 Å². The highest BCUT2D eigenvalue weighted by Crippen LogP contribution is 2.37. The van der Waals surface area contributed by atoms with E-state index in [0.29, 0.717) is 6.04 Å². The Bertz CT molecular complexity index is 458. The van der Waals surface area contributed by atoms with Crippen LogP contribution in [0.3, 0.4) is 0 Å². The van der Waals surface area contributed by atoms with Crippen LogP contribution in [0.15, 0.2) is 24.3 Å². The van der Waals surface area contributed by atoms with E-state index in [-0.39, 0.29) is 23.9 Å². The van der Waals surface area contributed by atoms with Crippen molar-refractivity contribution >= 4 is 5.91 Å². The monoisotopic (exact) mass is 234 g/mol. The van der Waals surface area contributed by atoms with Crippen LogP contribution < -0.4 is 5.32 Å². The molecule has 17 heavy (non-hydrogen) atoms. The summed E-state index contributed by atoms with van der Waals surface area (Å²) < 4.78 is 13.2. The molecule has 2 fully saturated rings. The maximum atomic E-state index is 13.2. The minimum atomic E-state index is -0.257.